The number of nitrogens with zero attached hydrogens (tertiary/aromatic N) is 1. The van der Waals surface area contributed by atoms with Crippen LogP contribution in [0.5, 0.6) is 0 Å². The van der Waals surface area contributed by atoms with Gasteiger partial charge in [-0.25, -0.2) is 0 Å². The second-order valence-corrected chi connectivity index (χ2v) is 5.67. The van der Waals surface area contributed by atoms with E-state index >= 15 is 0 Å². The zero-order chi connectivity index (χ0) is 14.4. The lowest BCUT2D eigenvalue weighted by Crippen LogP contribution is -2.49. The Hall–Kier alpha value is -1.06. The molecule has 0 aliphatic carbocycles. The molecule has 110 valence electrons. The van der Waals surface area contributed by atoms with Gasteiger partial charge < -0.3 is 9.64 Å². The highest BCUT2D eigenvalue weighted by atomic mass is 35.5. The SMILES string of the molecule is CC1CN(C(=O)CCCc2ccccc2)CC(CCl)O1. The lowest BCUT2D eigenvalue weighted by molar-refractivity contribution is -0.143. The van der Waals surface area contributed by atoms with Gasteiger partial charge in [0.15, 0.2) is 0 Å². The Balaban J connectivity index is 1.76. The monoisotopic (exact) mass is 295 g/mol. The molecule has 2 atom stereocenters. The number of amides is 1. The van der Waals surface area contributed by atoms with Gasteiger partial charge in [-0.3, -0.25) is 4.79 Å². The molecule has 20 heavy (non-hydrogen) atoms. The molecule has 1 amide bonds. The van der Waals surface area contributed by atoms with Crippen LogP contribution in [0.1, 0.15) is 25.3 Å². The maximum atomic E-state index is 12.2. The summed E-state index contributed by atoms with van der Waals surface area (Å²) in [6, 6.07) is 10.3. The fourth-order valence-electron chi connectivity index (χ4n) is 2.58. The third-order valence-electron chi connectivity index (χ3n) is 3.55. The summed E-state index contributed by atoms with van der Waals surface area (Å²) in [5.41, 5.74) is 1.29. The van der Waals surface area contributed by atoms with Crippen molar-refractivity contribution in [1.82, 2.24) is 4.90 Å². The maximum Gasteiger partial charge on any atom is 0.222 e. The van der Waals surface area contributed by atoms with Crippen LogP contribution in [0.15, 0.2) is 30.3 Å². The van der Waals surface area contributed by atoms with E-state index < -0.39 is 0 Å². The minimum atomic E-state index is -0.0292. The molecule has 1 fully saturated rings. The molecular weight excluding hydrogens is 274 g/mol. The average molecular weight is 296 g/mol. The maximum absolute atomic E-state index is 12.2. The van der Waals surface area contributed by atoms with E-state index in [0.29, 0.717) is 25.4 Å². The van der Waals surface area contributed by atoms with Gasteiger partial charge in [-0.05, 0) is 25.3 Å². The van der Waals surface area contributed by atoms with Gasteiger partial charge in [-0.15, -0.1) is 11.6 Å². The number of carbonyl (C=O) groups excluding carboxylic acids is 1. The topological polar surface area (TPSA) is 29.5 Å². The number of hydrogen-bond acceptors (Lipinski definition) is 2. The Bertz CT molecular complexity index is 424. The zero-order valence-corrected chi connectivity index (χ0v) is 12.7. The Morgan fingerprint density at radius 3 is 2.80 bits per heavy atom. The molecule has 3 nitrogen and oxygen atoms in total. The molecule has 0 saturated carbocycles. The van der Waals surface area contributed by atoms with E-state index in [9.17, 15) is 4.79 Å². The van der Waals surface area contributed by atoms with Crippen LogP contribution < -0.4 is 0 Å². The van der Waals surface area contributed by atoms with Gasteiger partial charge in [0.05, 0.1) is 18.1 Å². The standard InChI is InChI=1S/C16H22ClNO2/c1-13-11-18(12-15(10-17)20-13)16(19)9-5-8-14-6-3-2-4-7-14/h2-4,6-7,13,15H,5,8-12H2,1H3. The van der Waals surface area contributed by atoms with Gasteiger partial charge in [-0.1, -0.05) is 30.3 Å². The lowest BCUT2D eigenvalue weighted by atomic mass is 10.1. The predicted molar refractivity (Wildman–Crippen MR) is 81.0 cm³/mol. The Morgan fingerprint density at radius 2 is 2.10 bits per heavy atom. The summed E-state index contributed by atoms with van der Waals surface area (Å²) in [6.45, 7) is 3.29. The van der Waals surface area contributed by atoms with Crippen LogP contribution >= 0.6 is 11.6 Å². The first-order valence-corrected chi connectivity index (χ1v) is 7.75. The van der Waals surface area contributed by atoms with Crippen LogP contribution in [0.4, 0.5) is 0 Å². The first kappa shape index (κ1) is 15.3. The van der Waals surface area contributed by atoms with Gasteiger partial charge in [0.1, 0.15) is 0 Å². The number of halogens is 1. The highest BCUT2D eigenvalue weighted by molar-refractivity contribution is 6.18. The highest BCUT2D eigenvalue weighted by Gasteiger charge is 2.27. The molecule has 2 rings (SSSR count). The van der Waals surface area contributed by atoms with E-state index in [2.05, 4.69) is 12.1 Å². The first-order valence-electron chi connectivity index (χ1n) is 7.22. The van der Waals surface area contributed by atoms with Gasteiger partial charge >= 0.3 is 0 Å². The van der Waals surface area contributed by atoms with E-state index in [1.165, 1.54) is 5.56 Å². The molecule has 0 aromatic heterocycles. The summed E-state index contributed by atoms with van der Waals surface area (Å²) in [4.78, 5) is 14.1. The van der Waals surface area contributed by atoms with Crippen molar-refractivity contribution in [2.24, 2.45) is 0 Å². The molecule has 0 radical (unpaired) electrons. The average Bonchev–Trinajstić information content (AvgIpc) is 2.47. The van der Waals surface area contributed by atoms with Crippen molar-refractivity contribution in [2.45, 2.75) is 38.4 Å². The molecule has 0 bridgehead atoms. The smallest absolute Gasteiger partial charge is 0.222 e. The van der Waals surface area contributed by atoms with Crippen molar-refractivity contribution in [3.05, 3.63) is 35.9 Å². The summed E-state index contributed by atoms with van der Waals surface area (Å²) in [6.07, 6.45) is 2.48. The molecule has 1 aromatic carbocycles. The summed E-state index contributed by atoms with van der Waals surface area (Å²) < 4.78 is 5.66. The van der Waals surface area contributed by atoms with Gasteiger partial charge in [0.25, 0.3) is 0 Å². The fourth-order valence-corrected chi connectivity index (χ4v) is 2.75. The Kier molecular flexibility index (Phi) is 5.86. The molecule has 1 saturated heterocycles. The Labute approximate surface area is 125 Å². The number of morpholine rings is 1. The third kappa shape index (κ3) is 4.50. The van der Waals surface area contributed by atoms with Gasteiger partial charge in [-0.2, -0.15) is 0 Å². The van der Waals surface area contributed by atoms with Crippen LogP contribution in [0.3, 0.4) is 0 Å². The van der Waals surface area contributed by atoms with E-state index in [-0.39, 0.29) is 18.1 Å². The summed E-state index contributed by atoms with van der Waals surface area (Å²) in [5, 5.41) is 0. The number of carbonyl (C=O) groups is 1. The quantitative estimate of drug-likeness (QED) is 0.782. The molecule has 2 unspecified atom stereocenters. The van der Waals surface area contributed by atoms with E-state index in [1.54, 1.807) is 0 Å². The number of benzene rings is 1. The van der Waals surface area contributed by atoms with Crippen LogP contribution in [-0.4, -0.2) is 42.0 Å². The van der Waals surface area contributed by atoms with Crippen molar-refractivity contribution in [3.8, 4) is 0 Å². The van der Waals surface area contributed by atoms with Crippen molar-refractivity contribution < 1.29 is 9.53 Å². The number of ether oxygens (including phenoxy) is 1. The number of aryl methyl sites for hydroxylation is 1. The minimum Gasteiger partial charge on any atom is -0.370 e. The molecule has 1 aliphatic rings. The van der Waals surface area contributed by atoms with Gasteiger partial charge in [0, 0.05) is 19.5 Å². The second-order valence-electron chi connectivity index (χ2n) is 5.36. The molecular formula is C16H22ClNO2. The normalized spacial score (nSPS) is 22.8. The number of alkyl halides is 1. The fraction of sp³-hybridized carbons (Fsp3) is 0.562. The molecule has 0 spiro atoms. The van der Waals surface area contributed by atoms with Crippen molar-refractivity contribution in [2.75, 3.05) is 19.0 Å². The summed E-state index contributed by atoms with van der Waals surface area (Å²) in [5.74, 6) is 0.657. The first-order chi connectivity index (χ1) is 9.69. The highest BCUT2D eigenvalue weighted by Crippen LogP contribution is 2.14. The van der Waals surface area contributed by atoms with Crippen LogP contribution in [0.25, 0.3) is 0 Å². The third-order valence-corrected chi connectivity index (χ3v) is 3.89. The predicted octanol–water partition coefficient (Wildman–Crippen LogP) is 2.86. The van der Waals surface area contributed by atoms with Crippen LogP contribution in [-0.2, 0) is 16.0 Å². The van der Waals surface area contributed by atoms with E-state index in [0.717, 1.165) is 12.8 Å². The lowest BCUT2D eigenvalue weighted by Gasteiger charge is -2.36. The largest absolute Gasteiger partial charge is 0.370 e. The van der Waals surface area contributed by atoms with Crippen LogP contribution in [0.2, 0.25) is 0 Å². The van der Waals surface area contributed by atoms with Gasteiger partial charge in [0.2, 0.25) is 5.91 Å². The summed E-state index contributed by atoms with van der Waals surface area (Å²) in [7, 11) is 0. The van der Waals surface area contributed by atoms with Crippen molar-refractivity contribution in [3.63, 3.8) is 0 Å². The molecule has 4 heteroatoms. The molecule has 1 aromatic rings. The van der Waals surface area contributed by atoms with Crippen LogP contribution in [0, 0.1) is 0 Å². The molecule has 1 aliphatic heterocycles. The minimum absolute atomic E-state index is 0.0292. The van der Waals surface area contributed by atoms with Crippen molar-refractivity contribution >= 4 is 17.5 Å². The van der Waals surface area contributed by atoms with E-state index in [1.807, 2.05) is 30.0 Å². The van der Waals surface area contributed by atoms with E-state index in [4.69, 9.17) is 16.3 Å². The molecule has 0 N–H and O–H groups in total. The number of hydrogen-bond donors (Lipinski definition) is 0. The second kappa shape index (κ2) is 7.65. The zero-order valence-electron chi connectivity index (χ0n) is 11.9. The number of rotatable bonds is 5. The Morgan fingerprint density at radius 1 is 1.35 bits per heavy atom. The van der Waals surface area contributed by atoms with Crippen molar-refractivity contribution in [1.29, 1.82) is 0 Å². The summed E-state index contributed by atoms with van der Waals surface area (Å²) >= 11 is 5.84. The molecule has 1 heterocycles.